The zero-order chi connectivity index (χ0) is 21.8. The first-order chi connectivity index (χ1) is 14.3. The minimum atomic E-state index is -0.663. The largest absolute Gasteiger partial charge is 0.504 e. The predicted molar refractivity (Wildman–Crippen MR) is 113 cm³/mol. The number of unbranched alkanes of at least 4 members (excludes halogenated alkanes) is 4. The molecule has 0 saturated heterocycles. The van der Waals surface area contributed by atoms with Crippen LogP contribution in [0.1, 0.15) is 88.2 Å². The minimum Gasteiger partial charge on any atom is -0.504 e. The van der Waals surface area contributed by atoms with E-state index in [1.54, 1.807) is 12.1 Å². The number of hydrogen-bond acceptors (Lipinski definition) is 4. The fourth-order valence-corrected chi connectivity index (χ4v) is 4.48. The number of rotatable bonds is 14. The Hall–Kier alpha value is -2.24. The number of phenols is 2. The van der Waals surface area contributed by atoms with Crippen molar-refractivity contribution in [3.05, 3.63) is 23.3 Å². The molecule has 0 amide bonds. The van der Waals surface area contributed by atoms with Crippen LogP contribution in [-0.4, -0.2) is 32.4 Å². The molecule has 0 aliphatic heterocycles. The summed E-state index contributed by atoms with van der Waals surface area (Å²) in [6, 6.07) is 3.29. The van der Waals surface area contributed by atoms with Gasteiger partial charge in [-0.15, -0.1) is 0 Å². The van der Waals surface area contributed by atoms with Gasteiger partial charge in [0, 0.05) is 0 Å². The summed E-state index contributed by atoms with van der Waals surface area (Å²) in [5.41, 5.74) is 1.16. The third-order valence-corrected chi connectivity index (χ3v) is 7.11. The topological polar surface area (TPSA) is 115 Å². The lowest BCUT2D eigenvalue weighted by Crippen LogP contribution is -2.14. The molecule has 2 fully saturated rings. The third-order valence-electron chi connectivity index (χ3n) is 7.11. The van der Waals surface area contributed by atoms with E-state index in [9.17, 15) is 30.0 Å². The second-order valence-corrected chi connectivity index (χ2v) is 9.40. The van der Waals surface area contributed by atoms with E-state index >= 15 is 0 Å². The van der Waals surface area contributed by atoms with Crippen LogP contribution < -0.4 is 0 Å². The van der Waals surface area contributed by atoms with Crippen LogP contribution in [0.2, 0.25) is 0 Å². The van der Waals surface area contributed by atoms with Gasteiger partial charge >= 0.3 is 11.9 Å². The van der Waals surface area contributed by atoms with Crippen molar-refractivity contribution in [2.75, 3.05) is 0 Å². The molecular weight excluding hydrogens is 384 g/mol. The maximum atomic E-state index is 11.2. The summed E-state index contributed by atoms with van der Waals surface area (Å²) in [5.74, 6) is -1.53. The molecule has 0 unspecified atom stereocenters. The average Bonchev–Trinajstić information content (AvgIpc) is 3.60. The number of aromatic hydroxyl groups is 2. The van der Waals surface area contributed by atoms with Gasteiger partial charge in [0.25, 0.3) is 0 Å². The fraction of sp³-hybridized carbons (Fsp3) is 0.667. The highest BCUT2D eigenvalue weighted by Gasteiger charge is 2.49. The van der Waals surface area contributed by atoms with Crippen LogP contribution >= 0.6 is 0 Å². The van der Waals surface area contributed by atoms with Gasteiger partial charge in [0.15, 0.2) is 11.5 Å². The van der Waals surface area contributed by atoms with Crippen molar-refractivity contribution in [1.82, 2.24) is 0 Å². The molecule has 0 radical (unpaired) electrons. The maximum absolute atomic E-state index is 11.2. The zero-order valence-electron chi connectivity index (χ0n) is 17.7. The van der Waals surface area contributed by atoms with Gasteiger partial charge in [-0.2, -0.15) is 0 Å². The van der Waals surface area contributed by atoms with Gasteiger partial charge in [-0.1, -0.05) is 25.7 Å². The number of benzene rings is 1. The molecule has 0 spiro atoms. The molecule has 2 aliphatic carbocycles. The van der Waals surface area contributed by atoms with E-state index in [1.807, 2.05) is 0 Å². The van der Waals surface area contributed by atoms with E-state index in [4.69, 9.17) is 0 Å². The summed E-state index contributed by atoms with van der Waals surface area (Å²) in [6.45, 7) is 0. The van der Waals surface area contributed by atoms with Gasteiger partial charge < -0.3 is 20.4 Å². The smallest absolute Gasteiger partial charge is 0.309 e. The fourth-order valence-electron chi connectivity index (χ4n) is 4.48. The van der Waals surface area contributed by atoms with E-state index in [0.717, 1.165) is 101 Å². The van der Waals surface area contributed by atoms with E-state index in [1.165, 1.54) is 0 Å². The molecule has 0 heterocycles. The molecule has 1 aromatic rings. The van der Waals surface area contributed by atoms with Gasteiger partial charge in [-0.05, 0) is 87.5 Å². The van der Waals surface area contributed by atoms with Crippen molar-refractivity contribution >= 4 is 11.9 Å². The third kappa shape index (κ3) is 5.46. The molecule has 166 valence electrons. The van der Waals surface area contributed by atoms with Crippen LogP contribution in [0.5, 0.6) is 11.5 Å². The summed E-state index contributed by atoms with van der Waals surface area (Å²) in [5, 5.41) is 38.3. The van der Waals surface area contributed by atoms with Crippen LogP contribution in [0.25, 0.3) is 0 Å². The molecule has 6 heteroatoms. The summed E-state index contributed by atoms with van der Waals surface area (Å²) in [6.07, 6.45) is 11.8. The SMILES string of the molecule is O=C(O)C1(CCCCCc2cc(O)c(O)cc2CCCCCC2(C(=O)O)CC2)CC1. The Morgan fingerprint density at radius 3 is 1.33 bits per heavy atom. The molecule has 4 N–H and O–H groups in total. The lowest BCUT2D eigenvalue weighted by molar-refractivity contribution is -0.144. The summed E-state index contributed by atoms with van der Waals surface area (Å²) in [7, 11) is 0. The molecule has 30 heavy (non-hydrogen) atoms. The standard InChI is InChI=1S/C24H34O6/c25-19-15-17(7-3-1-5-9-23(11-12-23)21(27)28)18(16-20(19)26)8-4-2-6-10-24(13-14-24)22(29)30/h15-16,25-26H,1-14H2,(H,27,28)(H,29,30). The quantitative estimate of drug-likeness (QED) is 0.249. The monoisotopic (exact) mass is 418 g/mol. The number of phenolic OH excluding ortho intramolecular Hbond substituents is 2. The Bertz CT molecular complexity index is 711. The molecule has 0 atom stereocenters. The van der Waals surface area contributed by atoms with Crippen molar-refractivity contribution in [1.29, 1.82) is 0 Å². The maximum Gasteiger partial charge on any atom is 0.309 e. The number of carboxylic acids is 2. The number of carbonyl (C=O) groups is 2. The minimum absolute atomic E-state index is 0.103. The summed E-state index contributed by atoms with van der Waals surface area (Å²) >= 11 is 0. The van der Waals surface area contributed by atoms with Crippen LogP contribution in [0, 0.1) is 10.8 Å². The molecule has 3 rings (SSSR count). The highest BCUT2D eigenvalue weighted by molar-refractivity contribution is 5.78. The number of hydrogen-bond donors (Lipinski definition) is 4. The molecule has 2 saturated carbocycles. The van der Waals surface area contributed by atoms with Gasteiger partial charge in [-0.3, -0.25) is 9.59 Å². The van der Waals surface area contributed by atoms with E-state index in [-0.39, 0.29) is 11.5 Å². The summed E-state index contributed by atoms with van der Waals surface area (Å²) in [4.78, 5) is 22.5. The van der Waals surface area contributed by atoms with Crippen LogP contribution in [0.3, 0.4) is 0 Å². The Morgan fingerprint density at radius 1 is 0.667 bits per heavy atom. The first-order valence-corrected chi connectivity index (χ1v) is 11.3. The van der Waals surface area contributed by atoms with Crippen LogP contribution in [-0.2, 0) is 22.4 Å². The molecule has 2 aliphatic rings. The van der Waals surface area contributed by atoms with Gasteiger partial charge in [0.05, 0.1) is 10.8 Å². The van der Waals surface area contributed by atoms with E-state index < -0.39 is 22.8 Å². The Kier molecular flexibility index (Phi) is 6.94. The van der Waals surface area contributed by atoms with E-state index in [2.05, 4.69) is 0 Å². The van der Waals surface area contributed by atoms with Crippen LogP contribution in [0.15, 0.2) is 12.1 Å². The molecule has 1 aromatic carbocycles. The Balaban J connectivity index is 1.42. The van der Waals surface area contributed by atoms with Crippen LogP contribution in [0.4, 0.5) is 0 Å². The number of carboxylic acid groups (broad SMARTS) is 2. The first-order valence-electron chi connectivity index (χ1n) is 11.3. The zero-order valence-corrected chi connectivity index (χ0v) is 17.7. The lowest BCUT2D eigenvalue weighted by atomic mass is 9.93. The number of aryl methyl sites for hydroxylation is 2. The molecule has 6 nitrogen and oxygen atoms in total. The highest BCUT2D eigenvalue weighted by Crippen LogP contribution is 2.50. The van der Waals surface area contributed by atoms with Crippen molar-refractivity contribution in [3.8, 4) is 11.5 Å². The molecule has 0 aromatic heterocycles. The van der Waals surface area contributed by atoms with Gasteiger partial charge in [0.1, 0.15) is 0 Å². The van der Waals surface area contributed by atoms with Crippen molar-refractivity contribution in [3.63, 3.8) is 0 Å². The highest BCUT2D eigenvalue weighted by atomic mass is 16.4. The molecular formula is C24H34O6. The second-order valence-electron chi connectivity index (χ2n) is 9.40. The molecule has 0 bridgehead atoms. The van der Waals surface area contributed by atoms with Crippen molar-refractivity contribution in [2.45, 2.75) is 89.9 Å². The van der Waals surface area contributed by atoms with Gasteiger partial charge in [-0.25, -0.2) is 0 Å². The number of aliphatic carboxylic acids is 2. The lowest BCUT2D eigenvalue weighted by Gasteiger charge is -2.13. The predicted octanol–water partition coefficient (Wildman–Crippen LogP) is 5.03. The Labute approximate surface area is 177 Å². The normalized spacial score (nSPS) is 18.1. The summed E-state index contributed by atoms with van der Waals surface area (Å²) < 4.78 is 0. The Morgan fingerprint density at radius 2 is 1.03 bits per heavy atom. The van der Waals surface area contributed by atoms with E-state index in [0.29, 0.717) is 0 Å². The average molecular weight is 419 g/mol. The van der Waals surface area contributed by atoms with Crippen molar-refractivity contribution < 1.29 is 30.0 Å². The second kappa shape index (κ2) is 9.27. The van der Waals surface area contributed by atoms with Gasteiger partial charge in [0.2, 0.25) is 0 Å². The van der Waals surface area contributed by atoms with Crippen molar-refractivity contribution in [2.24, 2.45) is 10.8 Å². The first kappa shape index (κ1) is 22.4.